The Hall–Kier alpha value is -1.06. The first-order chi connectivity index (χ1) is 11.9. The summed E-state index contributed by atoms with van der Waals surface area (Å²) >= 11 is 5.97. The van der Waals surface area contributed by atoms with Gasteiger partial charge in [0.15, 0.2) is 0 Å². The van der Waals surface area contributed by atoms with Crippen LogP contribution in [0.25, 0.3) is 10.9 Å². The number of hydrogen-bond acceptors (Lipinski definition) is 6. The molecule has 1 heterocycles. The fourth-order valence-corrected chi connectivity index (χ4v) is 3.69. The Kier molecular flexibility index (Phi) is 8.25. The van der Waals surface area contributed by atoms with Crippen molar-refractivity contribution in [1.29, 1.82) is 0 Å². The van der Waals surface area contributed by atoms with Crippen LogP contribution in [0.1, 0.15) is 19.3 Å². The number of rotatable bonds is 11. The van der Waals surface area contributed by atoms with Crippen molar-refractivity contribution in [1.82, 2.24) is 10.3 Å². The second kappa shape index (κ2) is 10.2. The molecule has 1 aromatic carbocycles. The molecule has 0 spiro atoms. The number of benzene rings is 1. The highest BCUT2D eigenvalue weighted by atomic mass is 35.5. The van der Waals surface area contributed by atoms with Gasteiger partial charge < -0.3 is 10.1 Å². The average Bonchev–Trinajstić information content (AvgIpc) is 2.55. The molecule has 2 aromatic rings. The van der Waals surface area contributed by atoms with Crippen LogP contribution in [0.3, 0.4) is 0 Å². The fraction of sp³-hybridized carbons (Fsp3) is 0.438. The predicted octanol–water partition coefficient (Wildman–Crippen LogP) is 3.56. The van der Waals surface area contributed by atoms with Gasteiger partial charge in [-0.15, -0.1) is 0 Å². The summed E-state index contributed by atoms with van der Waals surface area (Å²) in [6.07, 6.45) is 2.88. The SMILES string of the molecule is O=S(=O)(O)SCCNCCCCCOc1ccc2ccc(Cl)cc2n1. The zero-order chi connectivity index (χ0) is 18.1. The number of pyridine rings is 1. The van der Waals surface area contributed by atoms with Gasteiger partial charge in [-0.25, -0.2) is 4.98 Å². The molecular weight excluding hydrogens is 384 g/mol. The Labute approximate surface area is 156 Å². The van der Waals surface area contributed by atoms with E-state index >= 15 is 0 Å². The first-order valence-corrected chi connectivity index (χ1v) is 11.3. The van der Waals surface area contributed by atoms with Crippen molar-refractivity contribution >= 4 is 42.4 Å². The minimum atomic E-state index is -3.92. The van der Waals surface area contributed by atoms with Gasteiger partial charge in [0.05, 0.1) is 12.1 Å². The number of unbranched alkanes of at least 4 members (excludes halogenated alkanes) is 2. The molecule has 0 fully saturated rings. The molecule has 6 nitrogen and oxygen atoms in total. The van der Waals surface area contributed by atoms with E-state index in [1.54, 1.807) is 0 Å². The lowest BCUT2D eigenvalue weighted by Crippen LogP contribution is -2.19. The van der Waals surface area contributed by atoms with Crippen molar-refractivity contribution in [2.45, 2.75) is 19.3 Å². The number of fused-ring (bicyclic) bond motifs is 1. The van der Waals surface area contributed by atoms with Crippen LogP contribution < -0.4 is 10.1 Å². The van der Waals surface area contributed by atoms with Gasteiger partial charge in [-0.05, 0) is 54.8 Å². The van der Waals surface area contributed by atoms with E-state index in [4.69, 9.17) is 20.9 Å². The number of nitrogens with one attached hydrogen (secondary N) is 1. The lowest BCUT2D eigenvalue weighted by molar-refractivity contribution is 0.295. The summed E-state index contributed by atoms with van der Waals surface area (Å²) in [6.45, 7) is 1.95. The topological polar surface area (TPSA) is 88.5 Å². The molecule has 0 radical (unpaired) electrons. The zero-order valence-corrected chi connectivity index (χ0v) is 16.0. The molecule has 0 amide bonds. The van der Waals surface area contributed by atoms with Crippen LogP contribution in [0.4, 0.5) is 0 Å². The van der Waals surface area contributed by atoms with Crippen molar-refractivity contribution in [3.8, 4) is 5.88 Å². The van der Waals surface area contributed by atoms with Crippen LogP contribution >= 0.6 is 22.4 Å². The van der Waals surface area contributed by atoms with Gasteiger partial charge in [0.2, 0.25) is 5.88 Å². The molecule has 25 heavy (non-hydrogen) atoms. The third-order valence-corrected chi connectivity index (χ3v) is 5.68. The van der Waals surface area contributed by atoms with Gasteiger partial charge in [0.1, 0.15) is 0 Å². The fourth-order valence-electron chi connectivity index (χ4n) is 2.20. The highest BCUT2D eigenvalue weighted by molar-refractivity contribution is 8.69. The van der Waals surface area contributed by atoms with E-state index < -0.39 is 9.15 Å². The third-order valence-electron chi connectivity index (χ3n) is 3.39. The van der Waals surface area contributed by atoms with Crippen molar-refractivity contribution in [3.63, 3.8) is 0 Å². The molecule has 0 aliphatic carbocycles. The predicted molar refractivity (Wildman–Crippen MR) is 103 cm³/mol. The minimum absolute atomic E-state index is 0.333. The summed E-state index contributed by atoms with van der Waals surface area (Å²) in [5.41, 5.74) is 0.817. The van der Waals surface area contributed by atoms with Crippen molar-refractivity contribution in [2.75, 3.05) is 25.4 Å². The molecule has 9 heteroatoms. The van der Waals surface area contributed by atoms with E-state index in [0.717, 1.165) is 36.7 Å². The van der Waals surface area contributed by atoms with Crippen LogP contribution in [0.2, 0.25) is 5.02 Å². The molecule has 0 aliphatic rings. The van der Waals surface area contributed by atoms with E-state index in [-0.39, 0.29) is 0 Å². The summed E-state index contributed by atoms with van der Waals surface area (Å²) in [5.74, 6) is 0.926. The lowest BCUT2D eigenvalue weighted by Gasteiger charge is -2.07. The standard InChI is InChI=1S/C16H21ClN2O4S2/c17-14-6-4-13-5-7-16(19-15(13)12-14)23-10-3-1-2-8-18-9-11-24-25(20,21)22/h4-7,12,18H,1-3,8-11H2,(H,20,21,22). The molecule has 0 unspecified atom stereocenters. The van der Waals surface area contributed by atoms with E-state index in [1.165, 1.54) is 0 Å². The van der Waals surface area contributed by atoms with Gasteiger partial charge in [-0.2, -0.15) is 8.42 Å². The Morgan fingerprint density at radius 3 is 2.76 bits per heavy atom. The van der Waals surface area contributed by atoms with Gasteiger partial charge in [-0.1, -0.05) is 17.7 Å². The zero-order valence-electron chi connectivity index (χ0n) is 13.7. The smallest absolute Gasteiger partial charge is 0.319 e. The summed E-state index contributed by atoms with van der Waals surface area (Å²) in [6, 6.07) is 9.39. The van der Waals surface area contributed by atoms with Crippen molar-refractivity contribution < 1.29 is 17.7 Å². The molecule has 0 atom stereocenters. The van der Waals surface area contributed by atoms with Crippen molar-refractivity contribution in [3.05, 3.63) is 35.4 Å². The Bertz CT molecular complexity index is 787. The molecule has 2 rings (SSSR count). The summed E-state index contributed by atoms with van der Waals surface area (Å²) in [4.78, 5) is 4.43. The molecular formula is C16H21ClN2O4S2. The lowest BCUT2D eigenvalue weighted by atomic mass is 10.2. The van der Waals surface area contributed by atoms with Crippen LogP contribution in [0.5, 0.6) is 5.88 Å². The number of halogens is 1. The van der Waals surface area contributed by atoms with Crippen LogP contribution in [0, 0.1) is 0 Å². The quantitative estimate of drug-likeness (QED) is 0.336. The normalized spacial score (nSPS) is 11.8. The van der Waals surface area contributed by atoms with E-state index in [2.05, 4.69) is 10.3 Å². The second-order valence-corrected chi connectivity index (χ2v) is 9.30. The molecule has 0 saturated heterocycles. The Balaban J connectivity index is 1.56. The third kappa shape index (κ3) is 8.24. The molecule has 138 valence electrons. The van der Waals surface area contributed by atoms with Crippen LogP contribution in [0.15, 0.2) is 30.3 Å². The summed E-state index contributed by atoms with van der Waals surface area (Å²) in [5, 5.41) is 4.81. The number of ether oxygens (including phenoxy) is 1. The van der Waals surface area contributed by atoms with Crippen LogP contribution in [-0.4, -0.2) is 43.4 Å². The van der Waals surface area contributed by atoms with E-state index in [0.29, 0.717) is 40.6 Å². The van der Waals surface area contributed by atoms with Gasteiger partial charge in [-0.3, -0.25) is 4.55 Å². The molecule has 0 bridgehead atoms. The molecule has 1 aromatic heterocycles. The first kappa shape index (κ1) is 20.3. The summed E-state index contributed by atoms with van der Waals surface area (Å²) in [7, 11) is -3.39. The maximum absolute atomic E-state index is 10.5. The van der Waals surface area contributed by atoms with Gasteiger partial charge in [0.25, 0.3) is 0 Å². The monoisotopic (exact) mass is 404 g/mol. The highest BCUT2D eigenvalue weighted by Crippen LogP contribution is 2.20. The number of nitrogens with zero attached hydrogens (tertiary/aromatic N) is 1. The first-order valence-electron chi connectivity index (χ1n) is 7.96. The van der Waals surface area contributed by atoms with E-state index in [9.17, 15) is 8.42 Å². The van der Waals surface area contributed by atoms with Crippen molar-refractivity contribution in [2.24, 2.45) is 0 Å². The number of aromatic nitrogens is 1. The molecule has 0 aliphatic heterocycles. The van der Waals surface area contributed by atoms with Crippen LogP contribution in [-0.2, 0) is 9.15 Å². The minimum Gasteiger partial charge on any atom is -0.478 e. The Morgan fingerprint density at radius 1 is 1.16 bits per heavy atom. The molecule has 2 N–H and O–H groups in total. The maximum Gasteiger partial charge on any atom is 0.319 e. The highest BCUT2D eigenvalue weighted by Gasteiger charge is 2.03. The van der Waals surface area contributed by atoms with Gasteiger partial charge in [0, 0.05) is 28.8 Å². The Morgan fingerprint density at radius 2 is 1.96 bits per heavy atom. The summed E-state index contributed by atoms with van der Waals surface area (Å²) < 4.78 is 35.2. The molecule has 0 saturated carbocycles. The second-order valence-electron chi connectivity index (χ2n) is 5.40. The van der Waals surface area contributed by atoms with E-state index in [1.807, 2.05) is 30.3 Å². The van der Waals surface area contributed by atoms with Gasteiger partial charge >= 0.3 is 9.15 Å². The largest absolute Gasteiger partial charge is 0.478 e. The average molecular weight is 405 g/mol. The number of hydrogen-bond donors (Lipinski definition) is 2. The maximum atomic E-state index is 10.5.